The first kappa shape index (κ1) is 22.8. The third-order valence-electron chi connectivity index (χ3n) is 7.20. The summed E-state index contributed by atoms with van der Waals surface area (Å²) in [5.41, 5.74) is 4.95. The number of aryl methyl sites for hydroxylation is 2. The lowest BCUT2D eigenvalue weighted by atomic mass is 9.70. The van der Waals surface area contributed by atoms with Crippen LogP contribution in [-0.4, -0.2) is 24.6 Å². The van der Waals surface area contributed by atoms with Crippen LogP contribution in [0.1, 0.15) is 68.1 Å². The zero-order chi connectivity index (χ0) is 22.9. The molecule has 2 aromatic rings. The number of carbonyl (C=O) groups excluding carboxylic acids is 2. The van der Waals surface area contributed by atoms with Crippen LogP contribution in [0.3, 0.4) is 0 Å². The van der Waals surface area contributed by atoms with Gasteiger partial charge in [-0.25, -0.2) is 4.79 Å². The molecule has 0 aromatic heterocycles. The first-order chi connectivity index (χ1) is 15.3. The number of rotatable bonds is 4. The van der Waals surface area contributed by atoms with Gasteiger partial charge in [-0.3, -0.25) is 4.79 Å². The Morgan fingerprint density at radius 1 is 1.03 bits per heavy atom. The van der Waals surface area contributed by atoms with E-state index in [9.17, 15) is 9.59 Å². The van der Waals surface area contributed by atoms with Crippen LogP contribution in [0.25, 0.3) is 11.1 Å². The topological polar surface area (TPSA) is 52.6 Å². The van der Waals surface area contributed by atoms with E-state index in [1.165, 1.54) is 6.42 Å². The molecule has 2 fully saturated rings. The molecule has 2 unspecified atom stereocenters. The van der Waals surface area contributed by atoms with Gasteiger partial charge in [-0.05, 0) is 73.6 Å². The van der Waals surface area contributed by atoms with Crippen molar-refractivity contribution >= 4 is 23.5 Å². The van der Waals surface area contributed by atoms with Crippen LogP contribution in [0.5, 0.6) is 0 Å². The molecule has 170 valence electrons. The minimum atomic E-state index is -0.671. The molecule has 2 saturated carbocycles. The van der Waals surface area contributed by atoms with Gasteiger partial charge < -0.3 is 9.47 Å². The van der Waals surface area contributed by atoms with E-state index in [2.05, 4.69) is 12.1 Å². The molecule has 5 heteroatoms. The highest BCUT2D eigenvalue weighted by Gasteiger charge is 2.56. The molecule has 1 spiro atoms. The van der Waals surface area contributed by atoms with Crippen molar-refractivity contribution in [3.63, 3.8) is 0 Å². The standard InChI is InChI=1S/C27H31ClO4/c1-4-31-26(30)32-25-24(22(29)16-27(25)12-6-5-7-13-27)23-17(2)14-20(15-18(23)3)19-8-10-21(28)11-9-19/h8-11,14-15,24-25H,4-7,12-13,16H2,1-3H3. The van der Waals surface area contributed by atoms with Gasteiger partial charge in [-0.1, -0.05) is 55.1 Å². The van der Waals surface area contributed by atoms with Gasteiger partial charge in [-0.15, -0.1) is 0 Å². The van der Waals surface area contributed by atoms with E-state index in [0.29, 0.717) is 11.4 Å². The second-order valence-corrected chi connectivity index (χ2v) is 9.73. The Hall–Kier alpha value is -2.33. The maximum atomic E-state index is 13.4. The molecule has 0 radical (unpaired) electrons. The van der Waals surface area contributed by atoms with Crippen LogP contribution in [-0.2, 0) is 14.3 Å². The molecule has 4 nitrogen and oxygen atoms in total. The number of carbonyl (C=O) groups is 2. The summed E-state index contributed by atoms with van der Waals surface area (Å²) in [6.07, 6.45) is 4.45. The maximum Gasteiger partial charge on any atom is 0.508 e. The summed E-state index contributed by atoms with van der Waals surface area (Å²) in [4.78, 5) is 25.8. The molecule has 32 heavy (non-hydrogen) atoms. The predicted molar refractivity (Wildman–Crippen MR) is 126 cm³/mol. The summed E-state index contributed by atoms with van der Waals surface area (Å²) in [6, 6.07) is 12.0. The Bertz CT molecular complexity index is 982. The molecule has 2 aliphatic carbocycles. The predicted octanol–water partition coefficient (Wildman–Crippen LogP) is 7.17. The molecule has 0 heterocycles. The third-order valence-corrected chi connectivity index (χ3v) is 7.45. The summed E-state index contributed by atoms with van der Waals surface area (Å²) >= 11 is 6.05. The minimum absolute atomic E-state index is 0.173. The highest BCUT2D eigenvalue weighted by Crippen LogP contribution is 2.55. The number of ketones is 1. The lowest BCUT2D eigenvalue weighted by molar-refractivity contribution is -0.119. The second kappa shape index (κ2) is 9.27. The molecule has 0 amide bonds. The maximum absolute atomic E-state index is 13.4. The van der Waals surface area contributed by atoms with Crippen molar-refractivity contribution in [1.29, 1.82) is 0 Å². The Morgan fingerprint density at radius 3 is 2.25 bits per heavy atom. The van der Waals surface area contributed by atoms with E-state index in [4.69, 9.17) is 21.1 Å². The summed E-state index contributed by atoms with van der Waals surface area (Å²) in [5, 5.41) is 0.701. The van der Waals surface area contributed by atoms with Crippen molar-refractivity contribution in [3.05, 3.63) is 58.1 Å². The number of ether oxygens (including phenoxy) is 2. The molecule has 0 aliphatic heterocycles. The second-order valence-electron chi connectivity index (χ2n) is 9.30. The van der Waals surface area contributed by atoms with Gasteiger partial charge >= 0.3 is 6.16 Å². The molecule has 0 N–H and O–H groups in total. The van der Waals surface area contributed by atoms with Gasteiger partial charge in [0.25, 0.3) is 0 Å². The van der Waals surface area contributed by atoms with E-state index in [0.717, 1.165) is 53.5 Å². The Kier molecular flexibility index (Phi) is 6.62. The smallest absolute Gasteiger partial charge is 0.435 e. The van der Waals surface area contributed by atoms with Crippen LogP contribution in [0.2, 0.25) is 5.02 Å². The highest BCUT2D eigenvalue weighted by atomic mass is 35.5. The fourth-order valence-corrected chi connectivity index (χ4v) is 5.96. The molecule has 4 rings (SSSR count). The van der Waals surface area contributed by atoms with Crippen LogP contribution in [0, 0.1) is 19.3 Å². The van der Waals surface area contributed by atoms with E-state index in [1.807, 2.05) is 38.1 Å². The van der Waals surface area contributed by atoms with Crippen LogP contribution in [0.4, 0.5) is 4.79 Å². The van der Waals surface area contributed by atoms with Crippen molar-refractivity contribution in [2.24, 2.45) is 5.41 Å². The zero-order valence-electron chi connectivity index (χ0n) is 19.1. The first-order valence-corrected chi connectivity index (χ1v) is 12.0. The Morgan fingerprint density at radius 2 is 1.66 bits per heavy atom. The molecular formula is C27H31ClO4. The number of hydrogen-bond acceptors (Lipinski definition) is 4. The molecule has 0 bridgehead atoms. The lowest BCUT2D eigenvalue weighted by Crippen LogP contribution is -2.39. The van der Waals surface area contributed by atoms with Gasteiger partial charge in [0.05, 0.1) is 12.5 Å². The van der Waals surface area contributed by atoms with Crippen molar-refractivity contribution in [3.8, 4) is 11.1 Å². The van der Waals surface area contributed by atoms with Crippen LogP contribution >= 0.6 is 11.6 Å². The molecule has 2 aromatic carbocycles. The highest BCUT2D eigenvalue weighted by molar-refractivity contribution is 6.30. The van der Waals surface area contributed by atoms with Crippen LogP contribution < -0.4 is 0 Å². The van der Waals surface area contributed by atoms with Crippen molar-refractivity contribution in [2.45, 2.75) is 71.3 Å². The Labute approximate surface area is 195 Å². The van der Waals surface area contributed by atoms with Crippen molar-refractivity contribution in [2.75, 3.05) is 6.61 Å². The average Bonchev–Trinajstić information content (AvgIpc) is 2.99. The van der Waals surface area contributed by atoms with Crippen molar-refractivity contribution < 1.29 is 19.1 Å². The van der Waals surface area contributed by atoms with Gasteiger partial charge in [-0.2, -0.15) is 0 Å². The molecular weight excluding hydrogens is 424 g/mol. The van der Waals surface area contributed by atoms with Crippen LogP contribution in [0.15, 0.2) is 36.4 Å². The fourth-order valence-electron chi connectivity index (χ4n) is 5.83. The summed E-state index contributed by atoms with van der Waals surface area (Å²) in [6.45, 7) is 6.11. The number of benzene rings is 2. The van der Waals surface area contributed by atoms with E-state index >= 15 is 0 Å². The average molecular weight is 455 g/mol. The molecule has 2 aliphatic rings. The van der Waals surface area contributed by atoms with Gasteiger partial charge in [0.2, 0.25) is 0 Å². The number of halogens is 1. The van der Waals surface area contributed by atoms with Gasteiger partial charge in [0.1, 0.15) is 11.9 Å². The fraction of sp³-hybridized carbons (Fsp3) is 0.481. The normalized spacial score (nSPS) is 22.2. The van der Waals surface area contributed by atoms with Gasteiger partial charge in [0.15, 0.2) is 0 Å². The summed E-state index contributed by atoms with van der Waals surface area (Å²) < 4.78 is 11.0. The van der Waals surface area contributed by atoms with Crippen molar-refractivity contribution in [1.82, 2.24) is 0 Å². The monoisotopic (exact) mass is 454 g/mol. The zero-order valence-corrected chi connectivity index (χ0v) is 19.8. The largest absolute Gasteiger partial charge is 0.508 e. The van der Waals surface area contributed by atoms with E-state index in [1.54, 1.807) is 6.92 Å². The molecule has 2 atom stereocenters. The Balaban J connectivity index is 1.74. The quantitative estimate of drug-likeness (QED) is 0.459. The van der Waals surface area contributed by atoms with E-state index in [-0.39, 0.29) is 17.8 Å². The molecule has 0 saturated heterocycles. The third kappa shape index (κ3) is 4.30. The number of hydrogen-bond donors (Lipinski definition) is 0. The first-order valence-electron chi connectivity index (χ1n) is 11.6. The SMILES string of the molecule is CCOC(=O)OC1C(c2c(C)cc(-c3ccc(Cl)cc3)cc2C)C(=O)CC12CCCCC2. The summed E-state index contributed by atoms with van der Waals surface area (Å²) in [7, 11) is 0. The minimum Gasteiger partial charge on any atom is -0.435 e. The lowest BCUT2D eigenvalue weighted by Gasteiger charge is -2.39. The summed E-state index contributed by atoms with van der Waals surface area (Å²) in [5.74, 6) is -0.275. The van der Waals surface area contributed by atoms with Gasteiger partial charge in [0, 0.05) is 16.9 Å². The number of Topliss-reactive ketones (excluding diaryl/α,β-unsaturated/α-hetero) is 1. The van der Waals surface area contributed by atoms with E-state index < -0.39 is 18.2 Å².